The van der Waals surface area contributed by atoms with Crippen LogP contribution in [0.5, 0.6) is 0 Å². The third kappa shape index (κ3) is 3.36. The number of carbonyl (C=O) groups excluding carboxylic acids is 2. The number of nitrogens with two attached hydrogens (primary N) is 1. The number of carbonyl (C=O) groups is 2. The molecule has 0 aliphatic heterocycles. The quantitative estimate of drug-likeness (QED) is 0.542. The van der Waals surface area contributed by atoms with Gasteiger partial charge in [-0.3, -0.25) is 9.59 Å². The highest BCUT2D eigenvalue weighted by Gasteiger charge is 2.23. The molecule has 1 radical (unpaired) electrons. The Balaban J connectivity index is 2.21. The highest BCUT2D eigenvalue weighted by molar-refractivity contribution is 6.35. The number of hydrogen-bond acceptors (Lipinski definition) is 3. The number of primary amides is 1. The molecule has 2 aromatic carbocycles. The molecule has 0 saturated carbocycles. The smallest absolute Gasteiger partial charge is 0.242 e. The third-order valence-electron chi connectivity index (χ3n) is 3.94. The van der Waals surface area contributed by atoms with E-state index in [1.54, 1.807) is 18.2 Å². The maximum Gasteiger partial charge on any atom is 0.242 e. The molecule has 0 aliphatic carbocycles. The van der Waals surface area contributed by atoms with Gasteiger partial charge in [0.1, 0.15) is 22.7 Å². The molecule has 1 heterocycles. The molecule has 0 atom stereocenters. The molecular weight excluding hydrogens is 357 g/mol. The van der Waals surface area contributed by atoms with Gasteiger partial charge in [0, 0.05) is 10.9 Å². The zero-order valence-electron chi connectivity index (χ0n) is 13.7. The maximum absolute atomic E-state index is 13.3. The van der Waals surface area contributed by atoms with Crippen LogP contribution in [0.4, 0.5) is 10.2 Å². The topological polar surface area (TPSA) is 85.1 Å². The Labute approximate surface area is 154 Å². The highest BCUT2D eigenvalue weighted by Crippen LogP contribution is 2.37. The molecule has 0 saturated heterocycles. The van der Waals surface area contributed by atoms with Crippen LogP contribution in [0, 0.1) is 11.7 Å². The standard InChI is InChI=1S/C19H14ClFN3O2/c1-10(17(22)25)19(26)24-18-15(11-6-8-12(21)9-7-11)13-4-2-3-5-14(13)16(20)23-18/h2-9H,1H3,(H2,22,25)(H,23,24,26). The predicted octanol–water partition coefficient (Wildman–Crippen LogP) is 3.71. The number of nitrogens with one attached hydrogen (secondary N) is 1. The Bertz CT molecular complexity index is 1010. The summed E-state index contributed by atoms with van der Waals surface area (Å²) in [6.07, 6.45) is 0. The lowest BCUT2D eigenvalue weighted by molar-refractivity contribution is -0.122. The highest BCUT2D eigenvalue weighted by atomic mass is 35.5. The summed E-state index contributed by atoms with van der Waals surface area (Å²) in [4.78, 5) is 27.7. The summed E-state index contributed by atoms with van der Waals surface area (Å²) >= 11 is 6.25. The molecular formula is C19H14ClFN3O2. The van der Waals surface area contributed by atoms with E-state index in [0.717, 1.165) is 5.39 Å². The Morgan fingerprint density at radius 3 is 2.31 bits per heavy atom. The van der Waals surface area contributed by atoms with Gasteiger partial charge in [0.25, 0.3) is 0 Å². The van der Waals surface area contributed by atoms with Crippen LogP contribution < -0.4 is 11.1 Å². The van der Waals surface area contributed by atoms with Crippen LogP contribution >= 0.6 is 11.6 Å². The van der Waals surface area contributed by atoms with Crippen molar-refractivity contribution in [3.63, 3.8) is 0 Å². The molecule has 0 bridgehead atoms. The van der Waals surface area contributed by atoms with Gasteiger partial charge < -0.3 is 11.1 Å². The Morgan fingerprint density at radius 2 is 1.69 bits per heavy atom. The van der Waals surface area contributed by atoms with Gasteiger partial charge in [-0.25, -0.2) is 9.37 Å². The van der Waals surface area contributed by atoms with Crippen molar-refractivity contribution in [3.05, 3.63) is 65.4 Å². The SMILES string of the molecule is C[C](C(N)=O)C(=O)Nc1nc(Cl)c2ccccc2c1-c1ccc(F)cc1. The monoisotopic (exact) mass is 370 g/mol. The minimum Gasteiger partial charge on any atom is -0.369 e. The van der Waals surface area contributed by atoms with Crippen molar-refractivity contribution in [2.24, 2.45) is 5.73 Å². The van der Waals surface area contributed by atoms with Gasteiger partial charge >= 0.3 is 0 Å². The first kappa shape index (κ1) is 17.8. The molecule has 3 aromatic rings. The predicted molar refractivity (Wildman–Crippen MR) is 98.9 cm³/mol. The number of rotatable bonds is 4. The number of halogens is 2. The zero-order chi connectivity index (χ0) is 18.8. The van der Waals surface area contributed by atoms with Gasteiger partial charge in [-0.2, -0.15) is 0 Å². The number of fused-ring (bicyclic) bond motifs is 1. The number of pyridine rings is 1. The molecule has 3 rings (SSSR count). The van der Waals surface area contributed by atoms with Crippen molar-refractivity contribution in [1.29, 1.82) is 0 Å². The van der Waals surface area contributed by atoms with Crippen molar-refractivity contribution < 1.29 is 14.0 Å². The minimum atomic E-state index is -0.835. The lowest BCUT2D eigenvalue weighted by atomic mass is 9.99. The molecule has 7 heteroatoms. The first-order valence-corrected chi connectivity index (χ1v) is 8.05. The van der Waals surface area contributed by atoms with E-state index in [2.05, 4.69) is 10.3 Å². The van der Waals surface area contributed by atoms with Crippen molar-refractivity contribution in [3.8, 4) is 11.1 Å². The average Bonchev–Trinajstić information content (AvgIpc) is 2.62. The van der Waals surface area contributed by atoms with Crippen molar-refractivity contribution in [2.75, 3.05) is 5.32 Å². The fourth-order valence-electron chi connectivity index (χ4n) is 2.54. The Hall–Kier alpha value is -2.99. The second kappa shape index (κ2) is 7.09. The van der Waals surface area contributed by atoms with Gasteiger partial charge in [0.05, 0.1) is 0 Å². The van der Waals surface area contributed by atoms with Gasteiger partial charge in [-0.05, 0) is 30.0 Å². The second-order valence-corrected chi connectivity index (χ2v) is 5.98. The first-order chi connectivity index (χ1) is 12.4. The number of amides is 2. The molecule has 3 N–H and O–H groups in total. The van der Waals surface area contributed by atoms with Crippen molar-refractivity contribution >= 4 is 40.0 Å². The van der Waals surface area contributed by atoms with E-state index in [4.69, 9.17) is 17.3 Å². The summed E-state index contributed by atoms with van der Waals surface area (Å²) in [6.45, 7) is 1.32. The van der Waals surface area contributed by atoms with Gasteiger partial charge in [-0.1, -0.05) is 48.0 Å². The van der Waals surface area contributed by atoms with E-state index < -0.39 is 11.8 Å². The van der Waals surface area contributed by atoms with Crippen LogP contribution in [0.2, 0.25) is 5.15 Å². The molecule has 0 spiro atoms. The molecule has 26 heavy (non-hydrogen) atoms. The normalized spacial score (nSPS) is 10.9. The molecule has 1 aromatic heterocycles. The van der Waals surface area contributed by atoms with Gasteiger partial charge in [0.15, 0.2) is 0 Å². The molecule has 0 fully saturated rings. The van der Waals surface area contributed by atoms with Crippen LogP contribution in [0.3, 0.4) is 0 Å². The summed E-state index contributed by atoms with van der Waals surface area (Å²) in [5.74, 6) is -1.91. The van der Waals surface area contributed by atoms with E-state index in [1.807, 2.05) is 18.2 Å². The molecule has 131 valence electrons. The maximum atomic E-state index is 13.3. The zero-order valence-corrected chi connectivity index (χ0v) is 14.5. The van der Waals surface area contributed by atoms with Gasteiger partial charge in [-0.15, -0.1) is 0 Å². The fourth-order valence-corrected chi connectivity index (χ4v) is 2.78. The van der Waals surface area contributed by atoms with Crippen molar-refractivity contribution in [1.82, 2.24) is 4.98 Å². The van der Waals surface area contributed by atoms with Crippen LogP contribution in [0.15, 0.2) is 48.5 Å². The summed E-state index contributed by atoms with van der Waals surface area (Å²) in [6, 6.07) is 13.0. The second-order valence-electron chi connectivity index (χ2n) is 5.62. The average molecular weight is 371 g/mol. The van der Waals surface area contributed by atoms with Crippen molar-refractivity contribution in [2.45, 2.75) is 6.92 Å². The summed E-state index contributed by atoms with van der Waals surface area (Å²) in [5, 5.41) is 4.18. The molecule has 0 unspecified atom stereocenters. The van der Waals surface area contributed by atoms with E-state index in [-0.39, 0.29) is 22.7 Å². The number of anilines is 1. The Kier molecular flexibility index (Phi) is 4.86. The van der Waals surface area contributed by atoms with Gasteiger partial charge in [0.2, 0.25) is 11.8 Å². The lowest BCUT2D eigenvalue weighted by Crippen LogP contribution is -2.30. The number of benzene rings is 2. The molecule has 5 nitrogen and oxygen atoms in total. The van der Waals surface area contributed by atoms with E-state index >= 15 is 0 Å². The largest absolute Gasteiger partial charge is 0.369 e. The van der Waals surface area contributed by atoms with E-state index in [9.17, 15) is 14.0 Å². The number of hydrogen-bond donors (Lipinski definition) is 2. The van der Waals surface area contributed by atoms with Crippen LogP contribution in [-0.2, 0) is 9.59 Å². The van der Waals surface area contributed by atoms with Crippen LogP contribution in [0.25, 0.3) is 21.9 Å². The third-order valence-corrected chi connectivity index (χ3v) is 4.23. The van der Waals surface area contributed by atoms with Crippen LogP contribution in [-0.4, -0.2) is 16.8 Å². The number of nitrogens with zero attached hydrogens (tertiary/aromatic N) is 1. The Morgan fingerprint density at radius 1 is 1.08 bits per heavy atom. The number of aromatic nitrogens is 1. The van der Waals surface area contributed by atoms with Crippen LogP contribution in [0.1, 0.15) is 6.92 Å². The lowest BCUT2D eigenvalue weighted by Gasteiger charge is -2.16. The van der Waals surface area contributed by atoms with E-state index in [1.165, 1.54) is 19.1 Å². The summed E-state index contributed by atoms with van der Waals surface area (Å²) < 4.78 is 13.3. The summed E-state index contributed by atoms with van der Waals surface area (Å²) in [7, 11) is 0. The molecule has 0 aliphatic rings. The first-order valence-electron chi connectivity index (χ1n) is 7.67. The summed E-state index contributed by atoms with van der Waals surface area (Å²) in [5.41, 5.74) is 6.36. The fraction of sp³-hybridized carbons (Fsp3) is 0.0526. The minimum absolute atomic E-state index is 0.158. The molecule has 2 amide bonds. The van der Waals surface area contributed by atoms with E-state index in [0.29, 0.717) is 16.5 Å².